The Bertz CT molecular complexity index is 634. The molecule has 1 aliphatic rings. The van der Waals surface area contributed by atoms with Crippen molar-refractivity contribution in [3.8, 4) is 0 Å². The van der Waals surface area contributed by atoms with E-state index in [1.54, 1.807) is 0 Å². The summed E-state index contributed by atoms with van der Waals surface area (Å²) in [6.45, 7) is 4.15. The molecule has 3 nitrogen and oxygen atoms in total. The predicted molar refractivity (Wildman–Crippen MR) is 95.5 cm³/mol. The van der Waals surface area contributed by atoms with Gasteiger partial charge in [-0.25, -0.2) is 0 Å². The Hall–Kier alpha value is -2.13. The first-order valence-corrected chi connectivity index (χ1v) is 8.71. The zero-order valence-corrected chi connectivity index (χ0v) is 14.4. The summed E-state index contributed by atoms with van der Waals surface area (Å²) < 4.78 is 0. The fraction of sp³-hybridized carbons (Fsp3) is 0.381. The first-order valence-electron chi connectivity index (χ1n) is 8.71. The number of hydrogen-bond acceptors (Lipinski definition) is 2. The monoisotopic (exact) mass is 323 g/mol. The lowest BCUT2D eigenvalue weighted by Crippen LogP contribution is -2.55. The quantitative estimate of drug-likeness (QED) is 0.935. The maximum atomic E-state index is 13.5. The number of amides is 1. The van der Waals surface area contributed by atoms with Gasteiger partial charge in [0.2, 0.25) is 0 Å². The maximum absolute atomic E-state index is 13.5. The van der Waals surface area contributed by atoms with E-state index in [1.165, 1.54) is 0 Å². The normalized spacial score (nSPS) is 21.5. The van der Waals surface area contributed by atoms with Crippen LogP contribution in [-0.2, 0) is 10.4 Å². The smallest absolute Gasteiger partial charge is 0.264 e. The topological polar surface area (TPSA) is 40.5 Å². The Morgan fingerprint density at radius 3 is 1.75 bits per heavy atom. The highest BCUT2D eigenvalue weighted by molar-refractivity contribution is 5.90. The molecule has 3 heteroatoms. The zero-order valence-electron chi connectivity index (χ0n) is 14.4. The van der Waals surface area contributed by atoms with Crippen molar-refractivity contribution in [3.63, 3.8) is 0 Å². The van der Waals surface area contributed by atoms with Crippen LogP contribution in [0, 0.1) is 0 Å². The third kappa shape index (κ3) is 2.84. The van der Waals surface area contributed by atoms with Crippen LogP contribution < -0.4 is 0 Å². The highest BCUT2D eigenvalue weighted by Gasteiger charge is 2.45. The summed E-state index contributed by atoms with van der Waals surface area (Å²) >= 11 is 0. The van der Waals surface area contributed by atoms with Crippen molar-refractivity contribution in [1.29, 1.82) is 0 Å². The zero-order chi connectivity index (χ0) is 17.2. The molecule has 0 spiro atoms. The van der Waals surface area contributed by atoms with Gasteiger partial charge in [0, 0.05) is 12.1 Å². The van der Waals surface area contributed by atoms with E-state index < -0.39 is 5.60 Å². The van der Waals surface area contributed by atoms with Gasteiger partial charge in [-0.1, -0.05) is 60.7 Å². The first-order chi connectivity index (χ1) is 11.5. The summed E-state index contributed by atoms with van der Waals surface area (Å²) in [7, 11) is 0. The fourth-order valence-electron chi connectivity index (χ4n) is 3.78. The van der Waals surface area contributed by atoms with Crippen molar-refractivity contribution in [2.45, 2.75) is 50.8 Å². The van der Waals surface area contributed by atoms with Crippen LogP contribution in [-0.4, -0.2) is 28.0 Å². The Morgan fingerprint density at radius 2 is 1.33 bits per heavy atom. The summed E-state index contributed by atoms with van der Waals surface area (Å²) in [5, 5.41) is 11.6. The average molecular weight is 323 g/mol. The average Bonchev–Trinajstić information content (AvgIpc) is 2.62. The van der Waals surface area contributed by atoms with E-state index in [1.807, 2.05) is 65.6 Å². The van der Waals surface area contributed by atoms with E-state index in [4.69, 9.17) is 0 Å². The molecule has 126 valence electrons. The Kier molecular flexibility index (Phi) is 4.72. The molecule has 1 heterocycles. The number of benzene rings is 2. The number of carbonyl (C=O) groups is 1. The Balaban J connectivity index is 2.10. The van der Waals surface area contributed by atoms with Crippen molar-refractivity contribution in [2.75, 3.05) is 0 Å². The molecule has 2 atom stereocenters. The van der Waals surface area contributed by atoms with Crippen molar-refractivity contribution >= 4 is 5.91 Å². The molecule has 3 rings (SSSR count). The molecule has 1 amide bonds. The lowest BCUT2D eigenvalue weighted by Gasteiger charge is -2.43. The summed E-state index contributed by atoms with van der Waals surface area (Å²) in [5.41, 5.74) is -0.417. The number of nitrogens with zero attached hydrogens (tertiary/aromatic N) is 1. The highest BCUT2D eigenvalue weighted by Crippen LogP contribution is 2.35. The number of rotatable bonds is 3. The van der Waals surface area contributed by atoms with E-state index in [0.29, 0.717) is 11.1 Å². The molecule has 0 saturated carbocycles. The van der Waals surface area contributed by atoms with Crippen LogP contribution in [0.15, 0.2) is 60.7 Å². The van der Waals surface area contributed by atoms with Crippen molar-refractivity contribution in [3.05, 3.63) is 71.8 Å². The Morgan fingerprint density at radius 1 is 0.917 bits per heavy atom. The minimum Gasteiger partial charge on any atom is -0.372 e. The second kappa shape index (κ2) is 6.78. The van der Waals surface area contributed by atoms with Crippen molar-refractivity contribution in [1.82, 2.24) is 4.90 Å². The SMILES string of the molecule is CC1CCCC(C)N1C(=O)C(O)(c1ccccc1)c1ccccc1. The van der Waals surface area contributed by atoms with Crippen LogP contribution in [0.5, 0.6) is 0 Å². The molecule has 0 aromatic heterocycles. The molecule has 1 aliphatic heterocycles. The van der Waals surface area contributed by atoms with Gasteiger partial charge in [0.15, 0.2) is 5.60 Å². The third-order valence-corrected chi connectivity index (χ3v) is 5.12. The molecule has 0 bridgehead atoms. The third-order valence-electron chi connectivity index (χ3n) is 5.12. The van der Waals surface area contributed by atoms with Crippen LogP contribution >= 0.6 is 0 Å². The molecule has 1 saturated heterocycles. The van der Waals surface area contributed by atoms with Gasteiger partial charge < -0.3 is 10.0 Å². The van der Waals surface area contributed by atoms with Crippen LogP contribution in [0.1, 0.15) is 44.2 Å². The predicted octanol–water partition coefficient (Wildman–Crippen LogP) is 3.71. The summed E-state index contributed by atoms with van der Waals surface area (Å²) in [6, 6.07) is 18.8. The van der Waals surface area contributed by atoms with Crippen molar-refractivity contribution < 1.29 is 9.90 Å². The van der Waals surface area contributed by atoms with Gasteiger partial charge in [0.25, 0.3) is 5.91 Å². The molecule has 0 aliphatic carbocycles. The molecular formula is C21H25NO2. The molecular weight excluding hydrogens is 298 g/mol. The van der Waals surface area contributed by atoms with E-state index in [0.717, 1.165) is 19.3 Å². The second-order valence-corrected chi connectivity index (χ2v) is 6.78. The standard InChI is InChI=1S/C21H25NO2/c1-16-10-9-11-17(2)22(16)20(23)21(24,18-12-5-3-6-13-18)19-14-7-4-8-15-19/h3-8,12-17,24H,9-11H2,1-2H3. The number of piperidine rings is 1. The number of likely N-dealkylation sites (tertiary alicyclic amines) is 1. The van der Waals surface area contributed by atoms with Crippen LogP contribution in [0.3, 0.4) is 0 Å². The first kappa shape index (κ1) is 16.7. The molecule has 1 fully saturated rings. The van der Waals surface area contributed by atoms with E-state index in [2.05, 4.69) is 13.8 Å². The molecule has 2 aromatic rings. The lowest BCUT2D eigenvalue weighted by atomic mass is 9.83. The van der Waals surface area contributed by atoms with Gasteiger partial charge in [-0.05, 0) is 44.2 Å². The van der Waals surface area contributed by atoms with Gasteiger partial charge in [0.05, 0.1) is 0 Å². The number of carbonyl (C=O) groups excluding carboxylic acids is 1. The van der Waals surface area contributed by atoms with Gasteiger partial charge in [0.1, 0.15) is 0 Å². The minimum absolute atomic E-state index is 0.139. The number of aliphatic hydroxyl groups is 1. The van der Waals surface area contributed by atoms with Gasteiger partial charge in [-0.15, -0.1) is 0 Å². The molecule has 2 unspecified atom stereocenters. The van der Waals surface area contributed by atoms with E-state index in [9.17, 15) is 9.90 Å². The van der Waals surface area contributed by atoms with Crippen LogP contribution in [0.25, 0.3) is 0 Å². The van der Waals surface area contributed by atoms with Gasteiger partial charge >= 0.3 is 0 Å². The summed E-state index contributed by atoms with van der Waals surface area (Å²) in [5.74, 6) is -0.223. The maximum Gasteiger partial charge on any atom is 0.264 e. The van der Waals surface area contributed by atoms with E-state index >= 15 is 0 Å². The van der Waals surface area contributed by atoms with Gasteiger partial charge in [-0.3, -0.25) is 4.79 Å². The summed E-state index contributed by atoms with van der Waals surface area (Å²) in [6.07, 6.45) is 3.09. The lowest BCUT2D eigenvalue weighted by molar-refractivity contribution is -0.154. The van der Waals surface area contributed by atoms with Gasteiger partial charge in [-0.2, -0.15) is 0 Å². The van der Waals surface area contributed by atoms with E-state index in [-0.39, 0.29) is 18.0 Å². The van der Waals surface area contributed by atoms with Crippen molar-refractivity contribution in [2.24, 2.45) is 0 Å². The largest absolute Gasteiger partial charge is 0.372 e. The molecule has 2 aromatic carbocycles. The molecule has 24 heavy (non-hydrogen) atoms. The Labute approximate surface area is 143 Å². The fourth-order valence-corrected chi connectivity index (χ4v) is 3.78. The van der Waals surface area contributed by atoms with Crippen LogP contribution in [0.4, 0.5) is 0 Å². The molecule has 1 N–H and O–H groups in total. The van der Waals surface area contributed by atoms with Crippen LogP contribution in [0.2, 0.25) is 0 Å². The molecule has 0 radical (unpaired) electrons. The summed E-state index contributed by atoms with van der Waals surface area (Å²) in [4.78, 5) is 15.4. The second-order valence-electron chi connectivity index (χ2n) is 6.78. The highest BCUT2D eigenvalue weighted by atomic mass is 16.3. The number of hydrogen-bond donors (Lipinski definition) is 1. The minimum atomic E-state index is -1.65.